The van der Waals surface area contributed by atoms with Crippen molar-refractivity contribution in [2.75, 3.05) is 0 Å². The minimum absolute atomic E-state index is 0.0856. The Morgan fingerprint density at radius 1 is 1.22 bits per heavy atom. The first-order valence-electron chi connectivity index (χ1n) is 9.87. The first-order valence-corrected chi connectivity index (χ1v) is 9.87. The van der Waals surface area contributed by atoms with E-state index in [4.69, 9.17) is 5.41 Å². The molecule has 146 valence electrons. The van der Waals surface area contributed by atoms with E-state index in [0.717, 1.165) is 24.8 Å². The van der Waals surface area contributed by atoms with Crippen LogP contribution in [0.4, 0.5) is 4.39 Å². The van der Waals surface area contributed by atoms with Crippen LogP contribution < -0.4 is 0 Å². The molecule has 1 nitrogen and oxygen atoms in total. The Morgan fingerprint density at radius 3 is 2.37 bits per heavy atom. The van der Waals surface area contributed by atoms with Gasteiger partial charge in [-0.2, -0.15) is 0 Å². The van der Waals surface area contributed by atoms with Crippen molar-refractivity contribution in [2.24, 2.45) is 11.8 Å². The SMILES string of the molecule is CC1CC=C(c2ccccc2)C=C1C/C=C(\C=N)C(C)C.CCC=C(C)F. The summed E-state index contributed by atoms with van der Waals surface area (Å²) in [4.78, 5) is 0. The number of allylic oxidation sites excluding steroid dienone is 8. The van der Waals surface area contributed by atoms with Crippen LogP contribution in [0.2, 0.25) is 0 Å². The van der Waals surface area contributed by atoms with Crippen molar-refractivity contribution >= 4 is 11.8 Å². The molecular weight excluding hydrogens is 333 g/mol. The summed E-state index contributed by atoms with van der Waals surface area (Å²) in [6.07, 6.45) is 12.8. The predicted octanol–water partition coefficient (Wildman–Crippen LogP) is 7.93. The maximum Gasteiger partial charge on any atom is 0.0928 e. The van der Waals surface area contributed by atoms with Gasteiger partial charge < -0.3 is 5.41 Å². The van der Waals surface area contributed by atoms with Crippen molar-refractivity contribution in [3.8, 4) is 0 Å². The van der Waals surface area contributed by atoms with Gasteiger partial charge in [0.05, 0.1) is 5.83 Å². The number of benzene rings is 1. The normalized spacial score (nSPS) is 17.7. The maximum absolute atomic E-state index is 11.6. The third-order valence-electron chi connectivity index (χ3n) is 4.66. The lowest BCUT2D eigenvalue weighted by Gasteiger charge is -2.20. The van der Waals surface area contributed by atoms with Crippen molar-refractivity contribution in [1.29, 1.82) is 5.41 Å². The molecule has 0 fully saturated rings. The zero-order valence-electron chi connectivity index (χ0n) is 17.4. The summed E-state index contributed by atoms with van der Waals surface area (Å²) in [5.74, 6) is 0.927. The van der Waals surface area contributed by atoms with E-state index in [1.54, 1.807) is 6.08 Å². The molecule has 1 aliphatic carbocycles. The molecule has 0 saturated heterocycles. The Balaban J connectivity index is 0.000000527. The first kappa shape index (κ1) is 22.8. The zero-order chi connectivity index (χ0) is 20.2. The molecule has 0 amide bonds. The van der Waals surface area contributed by atoms with E-state index in [9.17, 15) is 4.39 Å². The smallest absolute Gasteiger partial charge is 0.0928 e. The molecule has 0 aliphatic heterocycles. The lowest BCUT2D eigenvalue weighted by Crippen LogP contribution is -2.04. The van der Waals surface area contributed by atoms with Gasteiger partial charge in [0.1, 0.15) is 0 Å². The highest BCUT2D eigenvalue weighted by molar-refractivity contribution is 5.77. The molecule has 0 aromatic heterocycles. The van der Waals surface area contributed by atoms with Gasteiger partial charge in [-0.1, -0.05) is 87.9 Å². The average molecular weight is 368 g/mol. The fourth-order valence-corrected chi connectivity index (χ4v) is 2.93. The lowest BCUT2D eigenvalue weighted by atomic mass is 9.85. The second kappa shape index (κ2) is 12.2. The molecule has 0 saturated carbocycles. The molecule has 0 heterocycles. The Kier molecular flexibility index (Phi) is 10.3. The Hall–Kier alpha value is -2.22. The molecule has 1 aromatic rings. The number of hydrogen-bond donors (Lipinski definition) is 1. The summed E-state index contributed by atoms with van der Waals surface area (Å²) in [6, 6.07) is 10.6. The average Bonchev–Trinajstić information content (AvgIpc) is 2.64. The van der Waals surface area contributed by atoms with Crippen LogP contribution in [0.15, 0.2) is 71.6 Å². The summed E-state index contributed by atoms with van der Waals surface area (Å²) in [7, 11) is 0. The van der Waals surface area contributed by atoms with E-state index in [-0.39, 0.29) is 5.83 Å². The molecule has 1 aromatic carbocycles. The highest BCUT2D eigenvalue weighted by Gasteiger charge is 2.14. The first-order chi connectivity index (χ1) is 12.9. The molecule has 1 unspecified atom stereocenters. The van der Waals surface area contributed by atoms with Crippen LogP contribution in [-0.2, 0) is 0 Å². The van der Waals surface area contributed by atoms with E-state index < -0.39 is 0 Å². The van der Waals surface area contributed by atoms with Gasteiger partial charge in [-0.3, -0.25) is 0 Å². The van der Waals surface area contributed by atoms with Gasteiger partial charge in [-0.25, -0.2) is 4.39 Å². The van der Waals surface area contributed by atoms with Crippen LogP contribution in [0.3, 0.4) is 0 Å². The summed E-state index contributed by atoms with van der Waals surface area (Å²) < 4.78 is 11.6. The van der Waals surface area contributed by atoms with Crippen LogP contribution in [0.5, 0.6) is 0 Å². The van der Waals surface area contributed by atoms with E-state index in [1.165, 1.54) is 29.8 Å². The van der Waals surface area contributed by atoms with Gasteiger partial charge in [0.2, 0.25) is 0 Å². The third-order valence-corrected chi connectivity index (χ3v) is 4.66. The number of nitrogens with one attached hydrogen (secondary N) is 1. The molecule has 1 aliphatic rings. The second-order valence-electron chi connectivity index (χ2n) is 7.29. The van der Waals surface area contributed by atoms with Crippen LogP contribution >= 0.6 is 0 Å². The Morgan fingerprint density at radius 2 is 1.89 bits per heavy atom. The molecule has 2 heteroatoms. The maximum atomic E-state index is 11.6. The standard InChI is InChI=1S/C20H25N.C5H9F/c1-15(2)20(14-21)12-11-18-13-19(10-9-16(18)3)17-7-5-4-6-8-17;1-3-4-5(2)6/h4-8,10,12-16,21H,9,11H2,1-3H3;4H,3H2,1-2H3/b20-12+,21-14?;. The quantitative estimate of drug-likeness (QED) is 0.494. The van der Waals surface area contributed by atoms with Crippen molar-refractivity contribution in [3.05, 3.63) is 77.2 Å². The molecular formula is C25H34FN. The van der Waals surface area contributed by atoms with Gasteiger partial charge in [0, 0.05) is 6.21 Å². The van der Waals surface area contributed by atoms with Crippen LogP contribution in [0.1, 0.15) is 59.4 Å². The number of rotatable bonds is 6. The number of hydrogen-bond acceptors (Lipinski definition) is 1. The third kappa shape index (κ3) is 8.34. The van der Waals surface area contributed by atoms with Gasteiger partial charge in [-0.05, 0) is 54.7 Å². The van der Waals surface area contributed by atoms with E-state index in [1.807, 2.05) is 6.92 Å². The molecule has 1 N–H and O–H groups in total. The Labute approximate surface area is 164 Å². The highest BCUT2D eigenvalue weighted by Crippen LogP contribution is 2.31. The lowest BCUT2D eigenvalue weighted by molar-refractivity contribution is 0.635. The van der Waals surface area contributed by atoms with Crippen LogP contribution in [-0.4, -0.2) is 6.21 Å². The second-order valence-corrected chi connectivity index (χ2v) is 7.29. The fraction of sp³-hybridized carbons (Fsp3) is 0.400. The van der Waals surface area contributed by atoms with Crippen molar-refractivity contribution < 1.29 is 4.39 Å². The predicted molar refractivity (Wildman–Crippen MR) is 118 cm³/mol. The monoisotopic (exact) mass is 367 g/mol. The van der Waals surface area contributed by atoms with Crippen molar-refractivity contribution in [1.82, 2.24) is 0 Å². The minimum Gasteiger partial charge on any atom is -0.308 e. The highest BCUT2D eigenvalue weighted by atomic mass is 19.1. The summed E-state index contributed by atoms with van der Waals surface area (Å²) in [5, 5.41) is 7.51. The molecule has 1 atom stereocenters. The topological polar surface area (TPSA) is 23.9 Å². The van der Waals surface area contributed by atoms with Crippen LogP contribution in [0.25, 0.3) is 5.57 Å². The van der Waals surface area contributed by atoms with Gasteiger partial charge in [0.15, 0.2) is 0 Å². The van der Waals surface area contributed by atoms with E-state index in [2.05, 4.69) is 69.3 Å². The molecule has 0 spiro atoms. The molecule has 0 radical (unpaired) electrons. The molecule has 2 rings (SSSR count). The minimum atomic E-state index is -0.0856. The zero-order valence-corrected chi connectivity index (χ0v) is 17.4. The summed E-state index contributed by atoms with van der Waals surface area (Å²) in [5.41, 5.74) is 5.22. The van der Waals surface area contributed by atoms with E-state index >= 15 is 0 Å². The Bertz CT molecular complexity index is 701. The molecule has 0 bridgehead atoms. The van der Waals surface area contributed by atoms with E-state index in [0.29, 0.717) is 11.8 Å². The fourth-order valence-electron chi connectivity index (χ4n) is 2.93. The molecule has 27 heavy (non-hydrogen) atoms. The summed E-state index contributed by atoms with van der Waals surface area (Å²) in [6.45, 7) is 9.93. The van der Waals surface area contributed by atoms with Gasteiger partial charge >= 0.3 is 0 Å². The van der Waals surface area contributed by atoms with Gasteiger partial charge in [0.25, 0.3) is 0 Å². The largest absolute Gasteiger partial charge is 0.308 e. The summed E-state index contributed by atoms with van der Waals surface area (Å²) >= 11 is 0. The van der Waals surface area contributed by atoms with Crippen molar-refractivity contribution in [3.63, 3.8) is 0 Å². The van der Waals surface area contributed by atoms with Gasteiger partial charge in [-0.15, -0.1) is 0 Å². The van der Waals surface area contributed by atoms with Crippen molar-refractivity contribution in [2.45, 2.75) is 53.9 Å². The van der Waals surface area contributed by atoms with Crippen LogP contribution in [0, 0.1) is 17.2 Å². The number of halogens is 1.